The van der Waals surface area contributed by atoms with E-state index in [2.05, 4.69) is 38.4 Å². The first-order valence-electron chi connectivity index (χ1n) is 5.94. The van der Waals surface area contributed by atoms with E-state index in [4.69, 9.17) is 0 Å². The smallest absolute Gasteiger partial charge is 0.235 e. The molecule has 0 radical (unpaired) electrons. The van der Waals surface area contributed by atoms with Gasteiger partial charge < -0.3 is 4.90 Å². The normalized spacial score (nSPS) is 23.6. The third kappa shape index (κ3) is 2.92. The summed E-state index contributed by atoms with van der Waals surface area (Å²) in [6.07, 6.45) is 0. The number of thiol groups is 1. The first-order valence-corrected chi connectivity index (χ1v) is 6.45. The maximum Gasteiger partial charge on any atom is 0.235 e. The van der Waals surface area contributed by atoms with E-state index in [1.807, 2.05) is 18.7 Å². The van der Waals surface area contributed by atoms with Crippen LogP contribution in [0.15, 0.2) is 0 Å². The summed E-state index contributed by atoms with van der Waals surface area (Å²) < 4.78 is 0. The fourth-order valence-electron chi connectivity index (χ4n) is 1.90. The van der Waals surface area contributed by atoms with Gasteiger partial charge in [0.2, 0.25) is 5.91 Å². The summed E-state index contributed by atoms with van der Waals surface area (Å²) in [4.78, 5) is 16.4. The maximum absolute atomic E-state index is 12.2. The molecule has 1 rings (SSSR count). The van der Waals surface area contributed by atoms with Crippen molar-refractivity contribution >= 4 is 18.5 Å². The van der Waals surface area contributed by atoms with Crippen LogP contribution in [0.2, 0.25) is 0 Å². The van der Waals surface area contributed by atoms with Crippen molar-refractivity contribution in [3.63, 3.8) is 0 Å². The van der Waals surface area contributed by atoms with Crippen LogP contribution in [-0.4, -0.2) is 53.2 Å². The molecule has 1 unspecified atom stereocenters. The lowest BCUT2D eigenvalue weighted by Crippen LogP contribution is -2.60. The molecule has 0 saturated carbocycles. The number of rotatable bonds is 2. The zero-order chi connectivity index (χ0) is 12.5. The molecule has 3 nitrogen and oxygen atoms in total. The van der Waals surface area contributed by atoms with E-state index in [9.17, 15) is 4.79 Å². The van der Waals surface area contributed by atoms with Gasteiger partial charge in [-0.2, -0.15) is 12.6 Å². The second kappa shape index (κ2) is 4.96. The predicted octanol–water partition coefficient (Wildman–Crippen LogP) is 1.49. The fourth-order valence-corrected chi connectivity index (χ4v) is 2.06. The van der Waals surface area contributed by atoms with Crippen molar-refractivity contribution in [1.82, 2.24) is 9.80 Å². The standard InChI is InChI=1S/C12H24N2OS/c1-9(2)10(16)11(15)14-7-6-13(5)12(3,4)8-14/h9-10,16H,6-8H2,1-5H3. The molecule has 0 bridgehead atoms. The van der Waals surface area contributed by atoms with Crippen molar-refractivity contribution in [1.29, 1.82) is 0 Å². The average Bonchev–Trinajstić information content (AvgIpc) is 2.19. The predicted molar refractivity (Wildman–Crippen MR) is 70.9 cm³/mol. The van der Waals surface area contributed by atoms with Crippen LogP contribution in [0.25, 0.3) is 0 Å². The second-order valence-electron chi connectivity index (χ2n) is 5.68. The Hall–Kier alpha value is -0.220. The molecule has 1 saturated heterocycles. The molecule has 1 aliphatic rings. The summed E-state index contributed by atoms with van der Waals surface area (Å²) in [5.74, 6) is 0.470. The molecule has 0 N–H and O–H groups in total. The molecule has 1 aliphatic heterocycles. The van der Waals surface area contributed by atoms with Crippen molar-refractivity contribution in [2.75, 3.05) is 26.7 Å². The summed E-state index contributed by atoms with van der Waals surface area (Å²) in [5, 5.41) is -0.167. The van der Waals surface area contributed by atoms with Gasteiger partial charge in [-0.25, -0.2) is 0 Å². The number of likely N-dealkylation sites (N-methyl/N-ethyl adjacent to an activating group) is 1. The van der Waals surface area contributed by atoms with E-state index in [1.165, 1.54) is 0 Å². The summed E-state index contributed by atoms with van der Waals surface area (Å²) in [6.45, 7) is 11.0. The average molecular weight is 244 g/mol. The number of hydrogen-bond donors (Lipinski definition) is 1. The van der Waals surface area contributed by atoms with Gasteiger partial charge >= 0.3 is 0 Å². The Morgan fingerprint density at radius 1 is 1.31 bits per heavy atom. The van der Waals surface area contributed by atoms with Crippen LogP contribution in [0.1, 0.15) is 27.7 Å². The number of carbonyl (C=O) groups excluding carboxylic acids is 1. The lowest BCUT2D eigenvalue weighted by atomic mass is 9.98. The number of hydrogen-bond acceptors (Lipinski definition) is 3. The molecule has 1 atom stereocenters. The van der Waals surface area contributed by atoms with Gasteiger partial charge in [-0.1, -0.05) is 13.8 Å². The molecule has 0 aromatic heterocycles. The van der Waals surface area contributed by atoms with Gasteiger partial charge in [-0.05, 0) is 26.8 Å². The molecular formula is C12H24N2OS. The number of piperazine rings is 1. The molecule has 1 fully saturated rings. The Kier molecular flexibility index (Phi) is 4.29. The SMILES string of the molecule is CC(C)C(S)C(=O)N1CCN(C)C(C)(C)C1. The third-order valence-electron chi connectivity index (χ3n) is 3.51. The molecule has 1 amide bonds. The van der Waals surface area contributed by atoms with Crippen molar-refractivity contribution in [2.24, 2.45) is 5.92 Å². The Labute approximate surface area is 105 Å². The van der Waals surface area contributed by atoms with E-state index < -0.39 is 0 Å². The van der Waals surface area contributed by atoms with Gasteiger partial charge in [0.1, 0.15) is 0 Å². The quantitative estimate of drug-likeness (QED) is 0.744. The lowest BCUT2D eigenvalue weighted by molar-refractivity contribution is -0.135. The number of carbonyl (C=O) groups is 1. The summed E-state index contributed by atoms with van der Waals surface area (Å²) in [6, 6.07) is 0. The first-order chi connectivity index (χ1) is 7.25. The van der Waals surface area contributed by atoms with Crippen molar-refractivity contribution < 1.29 is 4.79 Å². The van der Waals surface area contributed by atoms with Crippen molar-refractivity contribution in [2.45, 2.75) is 38.5 Å². The van der Waals surface area contributed by atoms with E-state index in [1.54, 1.807) is 0 Å². The summed E-state index contributed by atoms with van der Waals surface area (Å²) in [7, 11) is 2.11. The van der Waals surface area contributed by atoms with E-state index in [-0.39, 0.29) is 16.7 Å². The minimum atomic E-state index is -0.167. The van der Waals surface area contributed by atoms with Gasteiger partial charge in [-0.15, -0.1) is 0 Å². The number of nitrogens with zero attached hydrogens (tertiary/aromatic N) is 2. The molecule has 94 valence electrons. The Bertz CT molecular complexity index is 266. The Morgan fingerprint density at radius 2 is 1.88 bits per heavy atom. The van der Waals surface area contributed by atoms with Crippen LogP contribution in [0.5, 0.6) is 0 Å². The van der Waals surface area contributed by atoms with Crippen LogP contribution >= 0.6 is 12.6 Å². The van der Waals surface area contributed by atoms with Crippen LogP contribution in [0.4, 0.5) is 0 Å². The van der Waals surface area contributed by atoms with Crippen LogP contribution in [0.3, 0.4) is 0 Å². The maximum atomic E-state index is 12.2. The highest BCUT2D eigenvalue weighted by Gasteiger charge is 2.35. The zero-order valence-corrected chi connectivity index (χ0v) is 11.9. The highest BCUT2D eigenvalue weighted by molar-refractivity contribution is 7.81. The topological polar surface area (TPSA) is 23.6 Å². The highest BCUT2D eigenvalue weighted by Crippen LogP contribution is 2.21. The molecular weight excluding hydrogens is 220 g/mol. The van der Waals surface area contributed by atoms with Crippen molar-refractivity contribution in [3.05, 3.63) is 0 Å². The largest absolute Gasteiger partial charge is 0.339 e. The third-order valence-corrected chi connectivity index (χ3v) is 4.33. The minimum Gasteiger partial charge on any atom is -0.339 e. The Morgan fingerprint density at radius 3 is 2.31 bits per heavy atom. The number of amides is 1. The zero-order valence-electron chi connectivity index (χ0n) is 11.0. The van der Waals surface area contributed by atoms with Gasteiger partial charge in [0.05, 0.1) is 5.25 Å². The molecule has 16 heavy (non-hydrogen) atoms. The minimum absolute atomic E-state index is 0.0678. The van der Waals surface area contributed by atoms with Gasteiger partial charge in [-0.3, -0.25) is 9.69 Å². The summed E-state index contributed by atoms with van der Waals surface area (Å²) in [5.41, 5.74) is 0.0678. The highest BCUT2D eigenvalue weighted by atomic mass is 32.1. The van der Waals surface area contributed by atoms with E-state index in [0.717, 1.165) is 19.6 Å². The van der Waals surface area contributed by atoms with Gasteiger partial charge in [0, 0.05) is 25.2 Å². The summed E-state index contributed by atoms with van der Waals surface area (Å²) >= 11 is 4.40. The van der Waals surface area contributed by atoms with E-state index >= 15 is 0 Å². The monoisotopic (exact) mass is 244 g/mol. The van der Waals surface area contributed by atoms with Gasteiger partial charge in [0.15, 0.2) is 0 Å². The molecule has 0 aromatic rings. The van der Waals surface area contributed by atoms with Gasteiger partial charge in [0.25, 0.3) is 0 Å². The molecule has 4 heteroatoms. The molecule has 1 heterocycles. The molecule has 0 aliphatic carbocycles. The molecule has 0 spiro atoms. The van der Waals surface area contributed by atoms with Crippen LogP contribution < -0.4 is 0 Å². The molecule has 0 aromatic carbocycles. The van der Waals surface area contributed by atoms with Crippen LogP contribution in [-0.2, 0) is 4.79 Å². The van der Waals surface area contributed by atoms with Crippen molar-refractivity contribution in [3.8, 4) is 0 Å². The fraction of sp³-hybridized carbons (Fsp3) is 0.917. The lowest BCUT2D eigenvalue weighted by Gasteiger charge is -2.46. The second-order valence-corrected chi connectivity index (χ2v) is 6.24. The van der Waals surface area contributed by atoms with E-state index in [0.29, 0.717) is 5.92 Å². The first kappa shape index (κ1) is 13.8. The Balaban J connectivity index is 2.66. The van der Waals surface area contributed by atoms with Crippen LogP contribution in [0, 0.1) is 5.92 Å².